The van der Waals surface area contributed by atoms with Gasteiger partial charge < -0.3 is 10.5 Å². The average molecular weight is 304 g/mol. The zero-order chi connectivity index (χ0) is 15.5. The Morgan fingerprint density at radius 3 is 2.50 bits per heavy atom. The normalized spacial score (nSPS) is 11.9. The lowest BCUT2D eigenvalue weighted by Crippen LogP contribution is -2.41. The standard InChI is InChI=1S/C12H17FN2O4S/c1-8(2)15(7-12(16)19-3)20(17,18)11-5-4-9(14)6-10(11)13/h4-6,8H,7,14H2,1-3H3. The smallest absolute Gasteiger partial charge is 0.321 e. The van der Waals surface area contributed by atoms with Crippen molar-refractivity contribution in [3.05, 3.63) is 24.0 Å². The summed E-state index contributed by atoms with van der Waals surface area (Å²) in [6, 6.07) is 2.75. The van der Waals surface area contributed by atoms with Gasteiger partial charge in [-0.3, -0.25) is 4.79 Å². The van der Waals surface area contributed by atoms with Crippen LogP contribution in [-0.2, 0) is 19.6 Å². The number of halogens is 1. The Labute approximate surface area is 117 Å². The van der Waals surface area contributed by atoms with E-state index in [2.05, 4.69) is 4.74 Å². The summed E-state index contributed by atoms with van der Waals surface area (Å²) in [6.45, 7) is 2.67. The van der Waals surface area contributed by atoms with Gasteiger partial charge in [0, 0.05) is 11.7 Å². The molecule has 0 heterocycles. The molecule has 0 bridgehead atoms. The van der Waals surface area contributed by atoms with Crippen LogP contribution < -0.4 is 5.73 Å². The van der Waals surface area contributed by atoms with Crippen molar-refractivity contribution >= 4 is 21.7 Å². The molecule has 0 aliphatic rings. The molecule has 0 saturated heterocycles. The van der Waals surface area contributed by atoms with Crippen LogP contribution in [-0.4, -0.2) is 38.4 Å². The highest BCUT2D eigenvalue weighted by molar-refractivity contribution is 7.89. The van der Waals surface area contributed by atoms with E-state index in [0.717, 1.165) is 23.5 Å². The largest absolute Gasteiger partial charge is 0.468 e. The Morgan fingerprint density at radius 1 is 1.45 bits per heavy atom. The zero-order valence-corrected chi connectivity index (χ0v) is 12.3. The molecular weight excluding hydrogens is 287 g/mol. The molecule has 8 heteroatoms. The fourth-order valence-electron chi connectivity index (χ4n) is 1.59. The van der Waals surface area contributed by atoms with Crippen molar-refractivity contribution in [2.24, 2.45) is 0 Å². The number of hydrogen-bond acceptors (Lipinski definition) is 5. The molecule has 0 saturated carbocycles. The van der Waals surface area contributed by atoms with Crippen molar-refractivity contribution in [3.8, 4) is 0 Å². The van der Waals surface area contributed by atoms with Crippen LogP contribution in [0.3, 0.4) is 0 Å². The maximum atomic E-state index is 13.8. The summed E-state index contributed by atoms with van der Waals surface area (Å²) in [5.74, 6) is -1.68. The molecule has 112 valence electrons. The van der Waals surface area contributed by atoms with Gasteiger partial charge in [-0.2, -0.15) is 4.31 Å². The molecule has 0 aliphatic heterocycles. The summed E-state index contributed by atoms with van der Waals surface area (Å²) in [5, 5.41) is 0. The van der Waals surface area contributed by atoms with Crippen molar-refractivity contribution in [2.75, 3.05) is 19.4 Å². The lowest BCUT2D eigenvalue weighted by Gasteiger charge is -2.24. The Balaban J connectivity index is 3.26. The predicted octanol–water partition coefficient (Wildman–Crippen LogP) is 0.980. The first-order chi connectivity index (χ1) is 9.20. The van der Waals surface area contributed by atoms with E-state index >= 15 is 0 Å². The molecule has 0 aliphatic carbocycles. The minimum atomic E-state index is -4.15. The fourth-order valence-corrected chi connectivity index (χ4v) is 3.22. The van der Waals surface area contributed by atoms with Gasteiger partial charge in [-0.1, -0.05) is 0 Å². The molecule has 2 N–H and O–H groups in total. The molecule has 0 atom stereocenters. The van der Waals surface area contributed by atoms with Crippen LogP contribution in [0.25, 0.3) is 0 Å². The first-order valence-corrected chi connectivity index (χ1v) is 7.27. The van der Waals surface area contributed by atoms with Gasteiger partial charge in [0.05, 0.1) is 7.11 Å². The van der Waals surface area contributed by atoms with Crippen LogP contribution in [0, 0.1) is 5.82 Å². The zero-order valence-electron chi connectivity index (χ0n) is 11.5. The van der Waals surface area contributed by atoms with Crippen molar-refractivity contribution < 1.29 is 22.3 Å². The minimum absolute atomic E-state index is 0.116. The second-order valence-electron chi connectivity index (χ2n) is 4.41. The van der Waals surface area contributed by atoms with Crippen LogP contribution in [0.2, 0.25) is 0 Å². The van der Waals surface area contributed by atoms with Crippen molar-refractivity contribution in [1.29, 1.82) is 0 Å². The van der Waals surface area contributed by atoms with Gasteiger partial charge in [-0.05, 0) is 32.0 Å². The Bertz CT molecular complexity index is 601. The molecule has 20 heavy (non-hydrogen) atoms. The van der Waals surface area contributed by atoms with E-state index in [1.165, 1.54) is 6.07 Å². The van der Waals surface area contributed by atoms with Crippen molar-refractivity contribution in [3.63, 3.8) is 0 Å². The molecular formula is C12H17FN2O4S. The second-order valence-corrected chi connectivity index (χ2v) is 6.27. The monoisotopic (exact) mass is 304 g/mol. The molecule has 6 nitrogen and oxygen atoms in total. The third kappa shape index (κ3) is 3.45. The summed E-state index contributed by atoms with van der Waals surface area (Å²) in [6.07, 6.45) is 0. The molecule has 0 unspecified atom stereocenters. The molecule has 1 rings (SSSR count). The highest BCUT2D eigenvalue weighted by Gasteiger charge is 2.31. The molecule has 0 aromatic heterocycles. The number of sulfonamides is 1. The maximum Gasteiger partial charge on any atom is 0.321 e. The maximum absolute atomic E-state index is 13.8. The summed E-state index contributed by atoms with van der Waals surface area (Å²) < 4.78 is 43.9. The topological polar surface area (TPSA) is 89.7 Å². The van der Waals surface area contributed by atoms with Gasteiger partial charge in [0.25, 0.3) is 0 Å². The van der Waals surface area contributed by atoms with Crippen LogP contribution >= 0.6 is 0 Å². The summed E-state index contributed by atoms with van der Waals surface area (Å²) in [5.41, 5.74) is 5.50. The van der Waals surface area contributed by atoms with Gasteiger partial charge in [0.2, 0.25) is 10.0 Å². The number of nitrogens with two attached hydrogens (primary N) is 1. The summed E-state index contributed by atoms with van der Waals surface area (Å²) >= 11 is 0. The first-order valence-electron chi connectivity index (χ1n) is 5.83. The number of nitrogens with zero attached hydrogens (tertiary/aromatic N) is 1. The van der Waals surface area contributed by atoms with Crippen LogP contribution in [0.15, 0.2) is 23.1 Å². The average Bonchev–Trinajstić information content (AvgIpc) is 2.34. The molecule has 0 fully saturated rings. The molecule has 0 radical (unpaired) electrons. The number of nitrogen functional groups attached to an aromatic ring is 1. The van der Waals surface area contributed by atoms with E-state index in [-0.39, 0.29) is 5.69 Å². The molecule has 0 amide bonds. The highest BCUT2D eigenvalue weighted by Crippen LogP contribution is 2.22. The Kier molecular flexibility index (Phi) is 5.07. The van der Waals surface area contributed by atoms with Gasteiger partial charge in [-0.25, -0.2) is 12.8 Å². The highest BCUT2D eigenvalue weighted by atomic mass is 32.2. The number of benzene rings is 1. The number of hydrogen-bond donors (Lipinski definition) is 1. The quantitative estimate of drug-likeness (QED) is 0.647. The van der Waals surface area contributed by atoms with Crippen LogP contribution in [0.5, 0.6) is 0 Å². The molecule has 1 aromatic rings. The van der Waals surface area contributed by atoms with Gasteiger partial charge in [-0.15, -0.1) is 0 Å². The number of ether oxygens (including phenoxy) is 1. The van der Waals surface area contributed by atoms with Crippen molar-refractivity contribution in [1.82, 2.24) is 4.31 Å². The van der Waals surface area contributed by atoms with Crippen LogP contribution in [0.1, 0.15) is 13.8 Å². The van der Waals surface area contributed by atoms with E-state index in [1.54, 1.807) is 13.8 Å². The van der Waals surface area contributed by atoms with E-state index < -0.39 is 39.3 Å². The third-order valence-corrected chi connectivity index (χ3v) is 4.69. The number of rotatable bonds is 5. The number of anilines is 1. The summed E-state index contributed by atoms with van der Waals surface area (Å²) in [4.78, 5) is 10.8. The lowest BCUT2D eigenvalue weighted by atomic mass is 10.3. The predicted molar refractivity (Wildman–Crippen MR) is 71.9 cm³/mol. The van der Waals surface area contributed by atoms with Crippen LogP contribution in [0.4, 0.5) is 10.1 Å². The lowest BCUT2D eigenvalue weighted by molar-refractivity contribution is -0.141. The second kappa shape index (κ2) is 6.19. The van der Waals surface area contributed by atoms with E-state index in [9.17, 15) is 17.6 Å². The third-order valence-electron chi connectivity index (χ3n) is 2.63. The van der Waals surface area contributed by atoms with Gasteiger partial charge in [0.15, 0.2) is 0 Å². The minimum Gasteiger partial charge on any atom is -0.468 e. The number of carbonyl (C=O) groups excluding carboxylic acids is 1. The number of methoxy groups -OCH3 is 1. The van der Waals surface area contributed by atoms with Gasteiger partial charge in [0.1, 0.15) is 17.3 Å². The summed E-state index contributed by atoms with van der Waals surface area (Å²) in [7, 11) is -3.00. The Morgan fingerprint density at radius 2 is 2.05 bits per heavy atom. The fraction of sp³-hybridized carbons (Fsp3) is 0.417. The van der Waals surface area contributed by atoms with E-state index in [1.807, 2.05) is 0 Å². The number of carbonyl (C=O) groups is 1. The van der Waals surface area contributed by atoms with Gasteiger partial charge >= 0.3 is 5.97 Å². The molecule has 1 aromatic carbocycles. The first kappa shape index (κ1) is 16.4. The van der Waals surface area contributed by atoms with E-state index in [4.69, 9.17) is 5.73 Å². The SMILES string of the molecule is COC(=O)CN(C(C)C)S(=O)(=O)c1ccc(N)cc1F. The Hall–Kier alpha value is -1.67. The number of esters is 1. The molecule has 0 spiro atoms. The van der Waals surface area contributed by atoms with Crippen molar-refractivity contribution in [2.45, 2.75) is 24.8 Å². The van der Waals surface area contributed by atoms with E-state index in [0.29, 0.717) is 0 Å².